The number of benzene rings is 1. The number of likely N-dealkylation sites (tertiary alicyclic amines) is 1. The Hall–Kier alpha value is -0.860. The molecule has 18 heavy (non-hydrogen) atoms. The first-order valence-corrected chi connectivity index (χ1v) is 7.21. The summed E-state index contributed by atoms with van der Waals surface area (Å²) in [4.78, 5) is 5.11. The molecule has 1 aliphatic heterocycles. The Labute approximate surface area is 111 Å². The van der Waals surface area contributed by atoms with Crippen LogP contribution in [0.5, 0.6) is 0 Å². The average Bonchev–Trinajstić information content (AvgIpc) is 2.82. The van der Waals surface area contributed by atoms with Crippen molar-refractivity contribution >= 4 is 0 Å². The SMILES string of the molecule is CN(C)C1CCN(C2Cc3ccccc3C2)CC1. The van der Waals surface area contributed by atoms with Crippen molar-refractivity contribution < 1.29 is 0 Å². The molecule has 1 aromatic rings. The molecule has 0 aromatic heterocycles. The van der Waals surface area contributed by atoms with Crippen LogP contribution in [0.1, 0.15) is 24.0 Å². The third-order valence-corrected chi connectivity index (χ3v) is 4.78. The van der Waals surface area contributed by atoms with Crippen LogP contribution in [-0.2, 0) is 12.8 Å². The molecule has 1 fully saturated rings. The van der Waals surface area contributed by atoms with E-state index in [0.717, 1.165) is 12.1 Å². The summed E-state index contributed by atoms with van der Waals surface area (Å²) in [5, 5.41) is 0. The van der Waals surface area contributed by atoms with E-state index in [1.807, 2.05) is 0 Å². The highest BCUT2D eigenvalue weighted by atomic mass is 15.2. The van der Waals surface area contributed by atoms with Gasteiger partial charge in [0.15, 0.2) is 0 Å². The fourth-order valence-electron chi connectivity index (χ4n) is 3.56. The summed E-state index contributed by atoms with van der Waals surface area (Å²) in [6, 6.07) is 10.5. The zero-order chi connectivity index (χ0) is 12.5. The van der Waals surface area contributed by atoms with Gasteiger partial charge in [-0.25, -0.2) is 0 Å². The van der Waals surface area contributed by atoms with Crippen LogP contribution in [0.25, 0.3) is 0 Å². The molecule has 0 radical (unpaired) electrons. The molecular weight excluding hydrogens is 220 g/mol. The third kappa shape index (κ3) is 2.32. The van der Waals surface area contributed by atoms with Crippen molar-refractivity contribution in [3.05, 3.63) is 35.4 Å². The Morgan fingerprint density at radius 2 is 1.56 bits per heavy atom. The summed E-state index contributed by atoms with van der Waals surface area (Å²) in [5.74, 6) is 0. The van der Waals surface area contributed by atoms with Crippen LogP contribution < -0.4 is 0 Å². The smallest absolute Gasteiger partial charge is 0.0176 e. The van der Waals surface area contributed by atoms with E-state index in [9.17, 15) is 0 Å². The Balaban J connectivity index is 1.60. The van der Waals surface area contributed by atoms with Crippen molar-refractivity contribution in [1.82, 2.24) is 9.80 Å². The highest BCUT2D eigenvalue weighted by molar-refractivity contribution is 5.33. The second-order valence-electron chi connectivity index (χ2n) is 6.06. The summed E-state index contributed by atoms with van der Waals surface area (Å²) in [7, 11) is 4.43. The molecule has 0 saturated carbocycles. The van der Waals surface area contributed by atoms with Gasteiger partial charge in [0.25, 0.3) is 0 Å². The van der Waals surface area contributed by atoms with Crippen LogP contribution in [0.4, 0.5) is 0 Å². The van der Waals surface area contributed by atoms with Crippen molar-refractivity contribution in [3.8, 4) is 0 Å². The van der Waals surface area contributed by atoms with Gasteiger partial charge in [-0.1, -0.05) is 24.3 Å². The van der Waals surface area contributed by atoms with Gasteiger partial charge in [0, 0.05) is 12.1 Å². The van der Waals surface area contributed by atoms with Gasteiger partial charge in [-0.05, 0) is 64.0 Å². The van der Waals surface area contributed by atoms with E-state index < -0.39 is 0 Å². The molecule has 2 nitrogen and oxygen atoms in total. The first kappa shape index (κ1) is 12.2. The van der Waals surface area contributed by atoms with Crippen LogP contribution in [0.2, 0.25) is 0 Å². The fourth-order valence-corrected chi connectivity index (χ4v) is 3.56. The van der Waals surface area contributed by atoms with E-state index in [1.165, 1.54) is 38.8 Å². The summed E-state index contributed by atoms with van der Waals surface area (Å²) < 4.78 is 0. The minimum atomic E-state index is 0.769. The molecule has 0 N–H and O–H groups in total. The molecule has 2 aliphatic rings. The molecule has 98 valence electrons. The van der Waals surface area contributed by atoms with Crippen molar-refractivity contribution in [2.24, 2.45) is 0 Å². The number of rotatable bonds is 2. The first-order valence-electron chi connectivity index (χ1n) is 7.21. The Morgan fingerprint density at radius 3 is 2.06 bits per heavy atom. The molecule has 2 heteroatoms. The summed E-state index contributed by atoms with van der Waals surface area (Å²) in [6.45, 7) is 2.56. The summed E-state index contributed by atoms with van der Waals surface area (Å²) in [5.41, 5.74) is 3.16. The predicted octanol–water partition coefficient (Wildman–Crippen LogP) is 2.18. The first-order chi connectivity index (χ1) is 8.74. The van der Waals surface area contributed by atoms with Gasteiger partial charge in [-0.15, -0.1) is 0 Å². The lowest BCUT2D eigenvalue weighted by Gasteiger charge is -2.38. The maximum absolute atomic E-state index is 2.72. The molecule has 3 rings (SSSR count). The van der Waals surface area contributed by atoms with Crippen molar-refractivity contribution in [1.29, 1.82) is 0 Å². The lowest BCUT2D eigenvalue weighted by Crippen LogP contribution is -2.46. The van der Waals surface area contributed by atoms with Crippen LogP contribution in [-0.4, -0.2) is 49.1 Å². The van der Waals surface area contributed by atoms with E-state index in [2.05, 4.69) is 48.2 Å². The maximum Gasteiger partial charge on any atom is 0.0176 e. The monoisotopic (exact) mass is 244 g/mol. The number of piperidine rings is 1. The van der Waals surface area contributed by atoms with Gasteiger partial charge < -0.3 is 4.90 Å². The van der Waals surface area contributed by atoms with Gasteiger partial charge in [0.2, 0.25) is 0 Å². The van der Waals surface area contributed by atoms with Crippen LogP contribution in [0, 0.1) is 0 Å². The molecule has 0 bridgehead atoms. The van der Waals surface area contributed by atoms with Crippen molar-refractivity contribution in [3.63, 3.8) is 0 Å². The average molecular weight is 244 g/mol. The van der Waals surface area contributed by atoms with Crippen molar-refractivity contribution in [2.45, 2.75) is 37.8 Å². The van der Waals surface area contributed by atoms with Gasteiger partial charge in [-0.3, -0.25) is 4.90 Å². The minimum absolute atomic E-state index is 0.769. The molecule has 0 spiro atoms. The zero-order valence-corrected chi connectivity index (χ0v) is 11.6. The normalized spacial score (nSPS) is 22.6. The Kier molecular flexibility index (Phi) is 3.40. The van der Waals surface area contributed by atoms with E-state index in [1.54, 1.807) is 11.1 Å². The van der Waals surface area contributed by atoms with Gasteiger partial charge in [-0.2, -0.15) is 0 Å². The van der Waals surface area contributed by atoms with Crippen LogP contribution >= 0.6 is 0 Å². The Morgan fingerprint density at radius 1 is 1.00 bits per heavy atom. The van der Waals surface area contributed by atoms with E-state index in [4.69, 9.17) is 0 Å². The lowest BCUT2D eigenvalue weighted by atomic mass is 10.0. The highest BCUT2D eigenvalue weighted by Gasteiger charge is 2.29. The molecule has 1 aliphatic carbocycles. The van der Waals surface area contributed by atoms with Crippen LogP contribution in [0.3, 0.4) is 0 Å². The molecule has 1 heterocycles. The standard InChI is InChI=1S/C16H24N2/c1-17(2)15-7-9-18(10-8-15)16-11-13-5-3-4-6-14(13)12-16/h3-6,15-16H,7-12H2,1-2H3. The molecule has 0 amide bonds. The van der Waals surface area contributed by atoms with E-state index in [-0.39, 0.29) is 0 Å². The zero-order valence-electron chi connectivity index (χ0n) is 11.6. The number of nitrogens with zero attached hydrogens (tertiary/aromatic N) is 2. The quantitative estimate of drug-likeness (QED) is 0.787. The highest BCUT2D eigenvalue weighted by Crippen LogP contribution is 2.27. The fraction of sp³-hybridized carbons (Fsp3) is 0.625. The number of hydrogen-bond acceptors (Lipinski definition) is 2. The summed E-state index contributed by atoms with van der Waals surface area (Å²) >= 11 is 0. The van der Waals surface area contributed by atoms with Crippen molar-refractivity contribution in [2.75, 3.05) is 27.2 Å². The molecular formula is C16H24N2. The second-order valence-corrected chi connectivity index (χ2v) is 6.06. The largest absolute Gasteiger partial charge is 0.306 e. The Bertz CT molecular complexity index is 380. The van der Waals surface area contributed by atoms with Crippen LogP contribution in [0.15, 0.2) is 24.3 Å². The minimum Gasteiger partial charge on any atom is -0.306 e. The molecule has 0 unspecified atom stereocenters. The van der Waals surface area contributed by atoms with Gasteiger partial charge in [0.05, 0.1) is 0 Å². The second kappa shape index (κ2) is 5.02. The van der Waals surface area contributed by atoms with E-state index in [0.29, 0.717) is 0 Å². The molecule has 1 aromatic carbocycles. The summed E-state index contributed by atoms with van der Waals surface area (Å²) in [6.07, 6.45) is 5.20. The predicted molar refractivity (Wildman–Crippen MR) is 75.9 cm³/mol. The van der Waals surface area contributed by atoms with E-state index >= 15 is 0 Å². The number of hydrogen-bond donors (Lipinski definition) is 0. The lowest BCUT2D eigenvalue weighted by molar-refractivity contribution is 0.111. The number of fused-ring (bicyclic) bond motifs is 1. The topological polar surface area (TPSA) is 6.48 Å². The van der Waals surface area contributed by atoms with Gasteiger partial charge in [0.1, 0.15) is 0 Å². The molecule has 1 saturated heterocycles. The van der Waals surface area contributed by atoms with Gasteiger partial charge >= 0.3 is 0 Å². The molecule has 0 atom stereocenters. The third-order valence-electron chi connectivity index (χ3n) is 4.78. The maximum atomic E-state index is 2.72.